The Morgan fingerprint density at radius 3 is 3.00 bits per heavy atom. The smallest absolute Gasteiger partial charge is 0.257 e. The van der Waals surface area contributed by atoms with Gasteiger partial charge in [0.05, 0.1) is 10.9 Å². The van der Waals surface area contributed by atoms with Crippen LogP contribution in [-0.2, 0) is 4.74 Å². The molecule has 3 heterocycles. The van der Waals surface area contributed by atoms with Crippen molar-refractivity contribution >= 4 is 11.3 Å². The highest BCUT2D eigenvalue weighted by Crippen LogP contribution is 2.27. The largest absolute Gasteiger partial charge is 0.418 e. The van der Waals surface area contributed by atoms with Gasteiger partial charge in [0.2, 0.25) is 5.89 Å². The van der Waals surface area contributed by atoms with E-state index >= 15 is 0 Å². The first-order chi connectivity index (χ1) is 11.8. The van der Waals surface area contributed by atoms with Crippen LogP contribution in [0.4, 0.5) is 0 Å². The predicted octanol–water partition coefficient (Wildman–Crippen LogP) is 2.90. The summed E-state index contributed by atoms with van der Waals surface area (Å²) >= 11 is 1.62. The molecule has 0 aromatic carbocycles. The van der Waals surface area contributed by atoms with Crippen LogP contribution in [-0.4, -0.2) is 66.4 Å². The summed E-state index contributed by atoms with van der Waals surface area (Å²) in [7, 11) is 1.76. The molecule has 1 aliphatic heterocycles. The first-order valence-electron chi connectivity index (χ1n) is 8.60. The third-order valence-electron chi connectivity index (χ3n) is 4.52. The summed E-state index contributed by atoms with van der Waals surface area (Å²) in [5.74, 6) is 1.34. The lowest BCUT2D eigenvalue weighted by atomic mass is 10.2. The Bertz CT molecular complexity index is 602. The van der Waals surface area contributed by atoms with Gasteiger partial charge in [-0.3, -0.25) is 4.90 Å². The van der Waals surface area contributed by atoms with E-state index in [0.29, 0.717) is 11.8 Å². The number of hydrogen-bond donors (Lipinski definition) is 0. The molecule has 1 atom stereocenters. The fraction of sp³-hybridized carbons (Fsp3) is 0.647. The fourth-order valence-electron chi connectivity index (χ4n) is 3.09. The van der Waals surface area contributed by atoms with Crippen LogP contribution < -0.4 is 0 Å². The average Bonchev–Trinajstić information content (AvgIpc) is 3.23. The number of hydrogen-bond acceptors (Lipinski definition) is 7. The zero-order valence-corrected chi connectivity index (χ0v) is 15.3. The molecule has 0 bridgehead atoms. The number of methoxy groups -OCH3 is 1. The van der Waals surface area contributed by atoms with Gasteiger partial charge in [-0.25, -0.2) is 0 Å². The van der Waals surface area contributed by atoms with Gasteiger partial charge in [0.25, 0.3) is 5.89 Å². The van der Waals surface area contributed by atoms with E-state index in [1.54, 1.807) is 18.4 Å². The van der Waals surface area contributed by atoms with Crippen LogP contribution in [0.15, 0.2) is 21.9 Å². The van der Waals surface area contributed by atoms with Crippen molar-refractivity contribution in [1.29, 1.82) is 0 Å². The molecule has 1 saturated heterocycles. The first kappa shape index (κ1) is 17.5. The molecule has 3 rings (SSSR count). The quantitative estimate of drug-likeness (QED) is 0.716. The van der Waals surface area contributed by atoms with Crippen LogP contribution in [0.1, 0.15) is 31.7 Å². The maximum Gasteiger partial charge on any atom is 0.257 e. The van der Waals surface area contributed by atoms with Gasteiger partial charge in [0.15, 0.2) is 0 Å². The molecular formula is C17H26N4O2S. The van der Waals surface area contributed by atoms with E-state index in [4.69, 9.17) is 9.15 Å². The van der Waals surface area contributed by atoms with Crippen molar-refractivity contribution in [3.63, 3.8) is 0 Å². The molecule has 2 aromatic rings. The zero-order chi connectivity index (χ0) is 16.8. The molecule has 132 valence electrons. The fourth-order valence-corrected chi connectivity index (χ4v) is 3.74. The lowest BCUT2D eigenvalue weighted by Gasteiger charge is -2.25. The summed E-state index contributed by atoms with van der Waals surface area (Å²) in [4.78, 5) is 6.00. The molecule has 0 radical (unpaired) electrons. The molecule has 0 unspecified atom stereocenters. The number of aromatic nitrogens is 2. The summed E-state index contributed by atoms with van der Waals surface area (Å²) in [5.41, 5.74) is 0. The molecule has 1 aliphatic rings. The van der Waals surface area contributed by atoms with Gasteiger partial charge in [-0.15, -0.1) is 21.5 Å². The SMILES string of the molecule is COCCCN1CCCN([C@@H](C)c2nnc(-c3cccs3)o2)CC1. The average molecular weight is 350 g/mol. The molecule has 0 spiro atoms. The van der Waals surface area contributed by atoms with Crippen molar-refractivity contribution < 1.29 is 9.15 Å². The van der Waals surface area contributed by atoms with Crippen molar-refractivity contribution in [2.45, 2.75) is 25.8 Å². The number of thiophene rings is 1. The Balaban J connectivity index is 1.56. The lowest BCUT2D eigenvalue weighted by Crippen LogP contribution is -2.33. The second-order valence-electron chi connectivity index (χ2n) is 6.18. The Labute approximate surface area is 147 Å². The molecule has 0 amide bonds. The van der Waals surface area contributed by atoms with Crippen LogP contribution >= 0.6 is 11.3 Å². The summed E-state index contributed by atoms with van der Waals surface area (Å²) in [5, 5.41) is 10.5. The normalized spacial score (nSPS) is 18.6. The van der Waals surface area contributed by atoms with Crippen LogP contribution in [0.2, 0.25) is 0 Å². The van der Waals surface area contributed by atoms with Crippen molar-refractivity contribution in [2.75, 3.05) is 46.4 Å². The number of nitrogens with zero attached hydrogens (tertiary/aromatic N) is 4. The molecule has 7 heteroatoms. The van der Waals surface area contributed by atoms with Gasteiger partial charge < -0.3 is 14.1 Å². The van der Waals surface area contributed by atoms with Gasteiger partial charge in [-0.2, -0.15) is 0 Å². The third kappa shape index (κ3) is 4.42. The maximum absolute atomic E-state index is 5.91. The summed E-state index contributed by atoms with van der Waals surface area (Å²) in [6.07, 6.45) is 2.27. The molecule has 2 aromatic heterocycles. The highest BCUT2D eigenvalue weighted by atomic mass is 32.1. The van der Waals surface area contributed by atoms with Gasteiger partial charge >= 0.3 is 0 Å². The standard InChI is InChI=1S/C17H26N4O2S/c1-14(16-18-19-17(23-16)15-6-3-13-24-15)21-9-4-7-20(10-11-21)8-5-12-22-2/h3,6,13-14H,4-5,7-12H2,1-2H3/t14-/m0/s1. The van der Waals surface area contributed by atoms with Gasteiger partial charge in [0, 0.05) is 39.9 Å². The topological polar surface area (TPSA) is 54.6 Å². The molecule has 1 fully saturated rings. The van der Waals surface area contributed by atoms with Gasteiger partial charge in [-0.1, -0.05) is 6.07 Å². The first-order valence-corrected chi connectivity index (χ1v) is 9.48. The Morgan fingerprint density at radius 2 is 2.21 bits per heavy atom. The third-order valence-corrected chi connectivity index (χ3v) is 5.38. The van der Waals surface area contributed by atoms with Crippen molar-refractivity contribution in [1.82, 2.24) is 20.0 Å². The van der Waals surface area contributed by atoms with E-state index in [2.05, 4.69) is 26.9 Å². The molecular weight excluding hydrogens is 324 g/mol. The Morgan fingerprint density at radius 1 is 1.29 bits per heavy atom. The molecule has 0 saturated carbocycles. The van der Waals surface area contributed by atoms with E-state index in [1.165, 1.54) is 6.42 Å². The number of rotatable bonds is 7. The predicted molar refractivity (Wildman–Crippen MR) is 95.1 cm³/mol. The van der Waals surface area contributed by atoms with E-state index in [1.807, 2.05) is 17.5 Å². The van der Waals surface area contributed by atoms with Crippen molar-refractivity contribution in [2.24, 2.45) is 0 Å². The van der Waals surface area contributed by atoms with E-state index < -0.39 is 0 Å². The second-order valence-corrected chi connectivity index (χ2v) is 7.12. The minimum atomic E-state index is 0.158. The molecule has 24 heavy (non-hydrogen) atoms. The summed E-state index contributed by atoms with van der Waals surface area (Å²) in [6.45, 7) is 8.44. The van der Waals surface area contributed by atoms with Crippen LogP contribution in [0.3, 0.4) is 0 Å². The Hall–Kier alpha value is -1.28. The van der Waals surface area contributed by atoms with Crippen molar-refractivity contribution in [3.05, 3.63) is 23.4 Å². The minimum absolute atomic E-state index is 0.158. The molecule has 0 aliphatic carbocycles. The van der Waals surface area contributed by atoms with Crippen LogP contribution in [0, 0.1) is 0 Å². The number of ether oxygens (including phenoxy) is 1. The maximum atomic E-state index is 5.91. The monoisotopic (exact) mass is 350 g/mol. The minimum Gasteiger partial charge on any atom is -0.418 e. The van der Waals surface area contributed by atoms with Gasteiger partial charge in [-0.05, 0) is 37.8 Å². The van der Waals surface area contributed by atoms with E-state index in [-0.39, 0.29) is 6.04 Å². The van der Waals surface area contributed by atoms with E-state index in [0.717, 1.165) is 50.6 Å². The molecule has 6 nitrogen and oxygen atoms in total. The van der Waals surface area contributed by atoms with Gasteiger partial charge in [0.1, 0.15) is 0 Å². The van der Waals surface area contributed by atoms with E-state index in [9.17, 15) is 0 Å². The Kier molecular flexibility index (Phi) is 6.37. The van der Waals surface area contributed by atoms with Crippen LogP contribution in [0.25, 0.3) is 10.8 Å². The van der Waals surface area contributed by atoms with Crippen molar-refractivity contribution in [3.8, 4) is 10.8 Å². The summed E-state index contributed by atoms with van der Waals surface area (Å²) < 4.78 is 11.1. The van der Waals surface area contributed by atoms with Crippen LogP contribution in [0.5, 0.6) is 0 Å². The second kappa shape index (κ2) is 8.71. The summed E-state index contributed by atoms with van der Waals surface area (Å²) in [6, 6.07) is 4.17. The molecule has 0 N–H and O–H groups in total. The highest BCUT2D eigenvalue weighted by molar-refractivity contribution is 7.13. The highest BCUT2D eigenvalue weighted by Gasteiger charge is 2.24. The zero-order valence-electron chi connectivity index (χ0n) is 14.5. The lowest BCUT2D eigenvalue weighted by molar-refractivity contribution is 0.165.